The molecule has 0 radical (unpaired) electrons. The van der Waals surface area contributed by atoms with Crippen molar-refractivity contribution < 1.29 is 4.43 Å². The molecule has 3 heteroatoms. The third kappa shape index (κ3) is 4.21. The van der Waals surface area contributed by atoms with Gasteiger partial charge in [0.05, 0.1) is 0 Å². The summed E-state index contributed by atoms with van der Waals surface area (Å²) in [7, 11) is 0.714. The van der Waals surface area contributed by atoms with E-state index in [0.29, 0.717) is 16.4 Å². The molecule has 2 aromatic rings. The molecule has 2 rings (SSSR count). The van der Waals surface area contributed by atoms with Gasteiger partial charge in [0.1, 0.15) is 14.1 Å². The minimum atomic E-state index is -0.306. The van der Waals surface area contributed by atoms with Crippen LogP contribution in [0.5, 0.6) is 0 Å². The largest absolute Gasteiger partial charge is 0.410 e. The Morgan fingerprint density at radius 1 is 0.955 bits per heavy atom. The van der Waals surface area contributed by atoms with Crippen LogP contribution in [0, 0.1) is 5.41 Å². The molecule has 2 unspecified atom stereocenters. The van der Waals surface area contributed by atoms with Crippen LogP contribution < -0.4 is 0 Å². The highest BCUT2D eigenvalue weighted by Crippen LogP contribution is 2.50. The number of alkyl halides is 1. The number of rotatable bonds is 5. The van der Waals surface area contributed by atoms with Crippen molar-refractivity contribution in [3.8, 4) is 0 Å². The fraction of sp³-hybridized carbons (Fsp3) is 0.368. The van der Waals surface area contributed by atoms with Gasteiger partial charge in [-0.1, -0.05) is 81.4 Å². The van der Waals surface area contributed by atoms with E-state index in [9.17, 15) is 0 Å². The average molecular weight is 424 g/mol. The van der Waals surface area contributed by atoms with Crippen LogP contribution in [-0.4, -0.2) is 10.5 Å². The first-order valence-electron chi connectivity index (χ1n) is 7.71. The monoisotopic (exact) mass is 424 g/mol. The zero-order valence-corrected chi connectivity index (χ0v) is 18.0. The van der Waals surface area contributed by atoms with E-state index < -0.39 is 0 Å². The third-order valence-electron chi connectivity index (χ3n) is 3.93. The molecule has 2 atom stereocenters. The molecule has 0 fully saturated rings. The van der Waals surface area contributed by atoms with E-state index >= 15 is 0 Å². The zero-order chi connectivity index (χ0) is 16.2. The normalized spacial score (nSPS) is 16.2. The van der Waals surface area contributed by atoms with Crippen molar-refractivity contribution in [2.75, 3.05) is 0 Å². The fourth-order valence-corrected chi connectivity index (χ4v) is 4.35. The number of benzene rings is 2. The molecule has 0 saturated carbocycles. The topological polar surface area (TPSA) is 9.23 Å². The van der Waals surface area contributed by atoms with Crippen LogP contribution in [0.1, 0.15) is 44.2 Å². The fourth-order valence-electron chi connectivity index (χ4n) is 2.89. The van der Waals surface area contributed by atoms with Crippen molar-refractivity contribution in [2.24, 2.45) is 5.41 Å². The van der Waals surface area contributed by atoms with Crippen LogP contribution in [0.25, 0.3) is 0 Å². The van der Waals surface area contributed by atoms with E-state index in [0.717, 1.165) is 6.42 Å². The van der Waals surface area contributed by atoms with Gasteiger partial charge in [0.2, 0.25) is 0 Å². The van der Waals surface area contributed by atoms with Crippen molar-refractivity contribution in [3.05, 3.63) is 71.8 Å². The quantitative estimate of drug-likeness (QED) is 0.381. The van der Waals surface area contributed by atoms with Crippen molar-refractivity contribution in [1.82, 2.24) is 0 Å². The highest BCUT2D eigenvalue weighted by atomic mass is 127. The molecular formula is C19H25IOSi. The zero-order valence-electron chi connectivity index (χ0n) is 13.8. The van der Waals surface area contributed by atoms with E-state index in [-0.39, 0.29) is 9.02 Å². The van der Waals surface area contributed by atoms with E-state index in [1.54, 1.807) is 0 Å². The lowest BCUT2D eigenvalue weighted by Gasteiger charge is -2.39. The summed E-state index contributed by atoms with van der Waals surface area (Å²) in [5.74, 6) is 0.328. The smallest absolute Gasteiger partial charge is 0.148 e. The van der Waals surface area contributed by atoms with Gasteiger partial charge in [0.25, 0.3) is 0 Å². The molecule has 0 aliphatic carbocycles. The summed E-state index contributed by atoms with van der Waals surface area (Å²) < 4.78 is 5.91. The van der Waals surface area contributed by atoms with Crippen molar-refractivity contribution in [1.29, 1.82) is 0 Å². The van der Waals surface area contributed by atoms with Crippen molar-refractivity contribution >= 4 is 33.1 Å². The molecule has 0 N–H and O–H groups in total. The Labute approximate surface area is 151 Å². The molecule has 0 aliphatic heterocycles. The van der Waals surface area contributed by atoms with Gasteiger partial charge in [0.15, 0.2) is 0 Å². The first kappa shape index (κ1) is 17.7. The molecule has 0 aromatic heterocycles. The van der Waals surface area contributed by atoms with Gasteiger partial charge in [-0.15, -0.1) is 0 Å². The van der Waals surface area contributed by atoms with Crippen LogP contribution >= 0.6 is 22.6 Å². The van der Waals surface area contributed by atoms with Crippen molar-refractivity contribution in [3.63, 3.8) is 0 Å². The Morgan fingerprint density at radius 3 is 1.91 bits per heavy atom. The predicted molar refractivity (Wildman–Crippen MR) is 106 cm³/mol. The van der Waals surface area contributed by atoms with Crippen LogP contribution in [0.3, 0.4) is 0 Å². The molecule has 0 heterocycles. The van der Waals surface area contributed by atoms with Crippen molar-refractivity contribution in [2.45, 2.75) is 36.7 Å². The highest BCUT2D eigenvalue weighted by Gasteiger charge is 2.40. The summed E-state index contributed by atoms with van der Waals surface area (Å²) in [6, 6.07) is 21.4. The Hall–Kier alpha value is -0.653. The summed E-state index contributed by atoms with van der Waals surface area (Å²) >= 11 is 2.52. The standard InChI is InChI=1S/C19H25IOSi/c1-18(2,3)14-17(15-10-6-4-7-11-15)19(20,21-22)16-12-8-5-9-13-16/h4-13,17H,14H2,1-3,22H3. The Bertz CT molecular complexity index is 579. The molecule has 0 aliphatic rings. The van der Waals surface area contributed by atoms with E-state index in [2.05, 4.69) is 104 Å². The van der Waals surface area contributed by atoms with Crippen LogP contribution in [0.4, 0.5) is 0 Å². The molecule has 0 amide bonds. The second-order valence-corrected chi connectivity index (χ2v) is 8.95. The summed E-state index contributed by atoms with van der Waals surface area (Å²) in [6.45, 7) is 6.91. The SMILES string of the molecule is CC(C)(C)CC(c1ccccc1)C(I)(O[SiH3])c1ccccc1. The van der Waals surface area contributed by atoms with Crippen LogP contribution in [-0.2, 0) is 8.03 Å². The second kappa shape index (κ2) is 7.28. The van der Waals surface area contributed by atoms with Crippen LogP contribution in [0.15, 0.2) is 60.7 Å². The molecule has 1 nitrogen and oxygen atoms in total. The van der Waals surface area contributed by atoms with Gasteiger partial charge in [-0.2, -0.15) is 0 Å². The lowest BCUT2D eigenvalue weighted by Crippen LogP contribution is -2.32. The average Bonchev–Trinajstić information content (AvgIpc) is 2.53. The first-order valence-corrected chi connectivity index (χ1v) is 9.61. The maximum Gasteiger partial charge on any atom is 0.148 e. The molecule has 118 valence electrons. The summed E-state index contributed by atoms with van der Waals surface area (Å²) in [5.41, 5.74) is 2.85. The minimum Gasteiger partial charge on any atom is -0.410 e. The van der Waals surface area contributed by atoms with Gasteiger partial charge in [-0.25, -0.2) is 0 Å². The minimum absolute atomic E-state index is 0.242. The Morgan fingerprint density at radius 2 is 1.45 bits per heavy atom. The van der Waals surface area contributed by atoms with E-state index in [1.807, 2.05) is 0 Å². The lowest BCUT2D eigenvalue weighted by atomic mass is 9.77. The van der Waals surface area contributed by atoms with E-state index in [1.165, 1.54) is 11.1 Å². The summed E-state index contributed by atoms with van der Waals surface area (Å²) in [5, 5.41) is 0. The first-order chi connectivity index (χ1) is 10.4. The van der Waals surface area contributed by atoms with Crippen LogP contribution in [0.2, 0.25) is 0 Å². The molecule has 0 spiro atoms. The van der Waals surface area contributed by atoms with Gasteiger partial charge >= 0.3 is 0 Å². The molecule has 2 aromatic carbocycles. The molecule has 0 bridgehead atoms. The predicted octanol–water partition coefficient (Wildman–Crippen LogP) is 4.79. The van der Waals surface area contributed by atoms with Gasteiger partial charge < -0.3 is 4.43 Å². The number of hydrogen-bond donors (Lipinski definition) is 0. The molecule has 0 saturated heterocycles. The summed E-state index contributed by atoms with van der Waals surface area (Å²) in [6.07, 6.45) is 1.08. The Kier molecular flexibility index (Phi) is 5.86. The lowest BCUT2D eigenvalue weighted by molar-refractivity contribution is 0.139. The number of halogens is 1. The second-order valence-electron chi connectivity index (χ2n) is 6.94. The maximum atomic E-state index is 6.21. The number of hydrogen-bond acceptors (Lipinski definition) is 1. The van der Waals surface area contributed by atoms with Gasteiger partial charge in [-0.3, -0.25) is 0 Å². The van der Waals surface area contributed by atoms with Gasteiger partial charge in [-0.05, 0) is 45.6 Å². The van der Waals surface area contributed by atoms with Gasteiger partial charge in [0, 0.05) is 5.92 Å². The summed E-state index contributed by atoms with van der Waals surface area (Å²) in [4.78, 5) is 0. The maximum absolute atomic E-state index is 6.21. The third-order valence-corrected chi connectivity index (χ3v) is 7.22. The Balaban J connectivity index is 2.51. The highest BCUT2D eigenvalue weighted by molar-refractivity contribution is 14.1. The van der Waals surface area contributed by atoms with E-state index in [4.69, 9.17) is 4.43 Å². The molecule has 22 heavy (non-hydrogen) atoms. The molecular weight excluding hydrogens is 399 g/mol.